The highest BCUT2D eigenvalue weighted by Crippen LogP contribution is 2.33. The standard InChI is InChI=1S/C11H13ClO2/c1-8(12)9-3-4-10-11(7-9)14-6-2-5-13-10/h3-4,7-8H,2,5-6H2,1H3. The molecule has 2 nitrogen and oxygen atoms in total. The van der Waals surface area contributed by atoms with Crippen molar-refractivity contribution in [3.63, 3.8) is 0 Å². The first-order valence-corrected chi connectivity index (χ1v) is 5.24. The number of halogens is 1. The van der Waals surface area contributed by atoms with Gasteiger partial charge < -0.3 is 9.47 Å². The van der Waals surface area contributed by atoms with Gasteiger partial charge in [0.25, 0.3) is 0 Å². The number of rotatable bonds is 1. The Balaban J connectivity index is 2.32. The van der Waals surface area contributed by atoms with E-state index in [0.717, 1.165) is 30.1 Å². The van der Waals surface area contributed by atoms with Crippen molar-refractivity contribution >= 4 is 11.6 Å². The van der Waals surface area contributed by atoms with E-state index in [2.05, 4.69) is 0 Å². The number of hydrogen-bond acceptors (Lipinski definition) is 2. The van der Waals surface area contributed by atoms with Crippen LogP contribution in [0.25, 0.3) is 0 Å². The maximum absolute atomic E-state index is 5.99. The summed E-state index contributed by atoms with van der Waals surface area (Å²) in [6.45, 7) is 3.39. The Bertz CT molecular complexity index is 323. The van der Waals surface area contributed by atoms with Gasteiger partial charge in [0.2, 0.25) is 0 Å². The molecule has 14 heavy (non-hydrogen) atoms. The highest BCUT2D eigenvalue weighted by Gasteiger charge is 2.12. The van der Waals surface area contributed by atoms with Crippen LogP contribution in [-0.4, -0.2) is 13.2 Å². The lowest BCUT2D eigenvalue weighted by molar-refractivity contribution is 0.297. The summed E-state index contributed by atoms with van der Waals surface area (Å²) in [4.78, 5) is 0. The van der Waals surface area contributed by atoms with Gasteiger partial charge in [0.1, 0.15) is 0 Å². The van der Waals surface area contributed by atoms with E-state index in [1.165, 1.54) is 0 Å². The van der Waals surface area contributed by atoms with Crippen molar-refractivity contribution in [2.24, 2.45) is 0 Å². The number of benzene rings is 1. The monoisotopic (exact) mass is 212 g/mol. The first-order chi connectivity index (χ1) is 6.77. The molecule has 0 spiro atoms. The summed E-state index contributed by atoms with van der Waals surface area (Å²) >= 11 is 5.99. The second-order valence-corrected chi connectivity index (χ2v) is 4.03. The van der Waals surface area contributed by atoms with Crippen LogP contribution in [0.15, 0.2) is 18.2 Å². The van der Waals surface area contributed by atoms with E-state index in [9.17, 15) is 0 Å². The zero-order chi connectivity index (χ0) is 9.97. The molecule has 1 aliphatic rings. The van der Waals surface area contributed by atoms with Gasteiger partial charge in [-0.05, 0) is 24.6 Å². The number of alkyl halides is 1. The summed E-state index contributed by atoms with van der Waals surface area (Å²) in [6, 6.07) is 5.86. The lowest BCUT2D eigenvalue weighted by atomic mass is 10.1. The fraction of sp³-hybridized carbons (Fsp3) is 0.455. The van der Waals surface area contributed by atoms with Gasteiger partial charge in [0.15, 0.2) is 11.5 Å². The first kappa shape index (κ1) is 9.66. The van der Waals surface area contributed by atoms with E-state index in [-0.39, 0.29) is 5.38 Å². The molecule has 2 rings (SSSR count). The molecule has 1 aliphatic heterocycles. The normalized spacial score (nSPS) is 17.3. The SMILES string of the molecule is CC(Cl)c1ccc2c(c1)OCCCO2. The van der Waals surface area contributed by atoms with Crippen LogP contribution >= 0.6 is 11.6 Å². The zero-order valence-electron chi connectivity index (χ0n) is 8.13. The van der Waals surface area contributed by atoms with Crippen LogP contribution in [0.3, 0.4) is 0 Å². The van der Waals surface area contributed by atoms with Gasteiger partial charge in [-0.1, -0.05) is 6.07 Å². The number of ether oxygens (including phenoxy) is 2. The molecule has 0 radical (unpaired) electrons. The zero-order valence-corrected chi connectivity index (χ0v) is 8.88. The minimum Gasteiger partial charge on any atom is -0.490 e. The second-order valence-electron chi connectivity index (χ2n) is 3.37. The summed E-state index contributed by atoms with van der Waals surface area (Å²) < 4.78 is 11.1. The van der Waals surface area contributed by atoms with Crippen molar-refractivity contribution in [3.8, 4) is 11.5 Å². The van der Waals surface area contributed by atoms with Crippen molar-refractivity contribution < 1.29 is 9.47 Å². The topological polar surface area (TPSA) is 18.5 Å². The van der Waals surface area contributed by atoms with Gasteiger partial charge >= 0.3 is 0 Å². The molecular weight excluding hydrogens is 200 g/mol. The van der Waals surface area contributed by atoms with Gasteiger partial charge in [-0.3, -0.25) is 0 Å². The van der Waals surface area contributed by atoms with Gasteiger partial charge in [-0.15, -0.1) is 11.6 Å². The summed E-state index contributed by atoms with van der Waals surface area (Å²) in [5.41, 5.74) is 1.07. The van der Waals surface area contributed by atoms with Gasteiger partial charge in [0.05, 0.1) is 18.6 Å². The molecule has 0 aromatic heterocycles. The predicted molar refractivity (Wildman–Crippen MR) is 56.3 cm³/mol. The number of fused-ring (bicyclic) bond motifs is 1. The van der Waals surface area contributed by atoms with Crippen LogP contribution in [0.1, 0.15) is 24.3 Å². The van der Waals surface area contributed by atoms with E-state index < -0.39 is 0 Å². The minimum absolute atomic E-state index is 0.00662. The Morgan fingerprint density at radius 2 is 1.93 bits per heavy atom. The van der Waals surface area contributed by atoms with E-state index >= 15 is 0 Å². The smallest absolute Gasteiger partial charge is 0.161 e. The van der Waals surface area contributed by atoms with Crippen LogP contribution in [0.4, 0.5) is 0 Å². The highest BCUT2D eigenvalue weighted by atomic mass is 35.5. The molecule has 1 unspecified atom stereocenters. The Morgan fingerprint density at radius 1 is 1.21 bits per heavy atom. The van der Waals surface area contributed by atoms with Crippen LogP contribution in [-0.2, 0) is 0 Å². The average Bonchev–Trinajstić information content (AvgIpc) is 2.41. The van der Waals surface area contributed by atoms with Crippen molar-refractivity contribution in [3.05, 3.63) is 23.8 Å². The molecule has 0 bridgehead atoms. The largest absolute Gasteiger partial charge is 0.490 e. The van der Waals surface area contributed by atoms with E-state index in [1.54, 1.807) is 0 Å². The molecule has 0 fully saturated rings. The van der Waals surface area contributed by atoms with Gasteiger partial charge in [-0.25, -0.2) is 0 Å². The van der Waals surface area contributed by atoms with Crippen molar-refractivity contribution in [1.82, 2.24) is 0 Å². The highest BCUT2D eigenvalue weighted by molar-refractivity contribution is 6.20. The van der Waals surface area contributed by atoms with Crippen molar-refractivity contribution in [1.29, 1.82) is 0 Å². The van der Waals surface area contributed by atoms with E-state index in [0.29, 0.717) is 6.61 Å². The molecule has 76 valence electrons. The minimum atomic E-state index is 0.00662. The molecule has 3 heteroatoms. The third-order valence-electron chi connectivity index (χ3n) is 2.23. The maximum atomic E-state index is 5.99. The number of hydrogen-bond donors (Lipinski definition) is 0. The molecule has 0 aliphatic carbocycles. The molecule has 0 saturated heterocycles. The maximum Gasteiger partial charge on any atom is 0.161 e. The molecule has 0 saturated carbocycles. The molecule has 1 atom stereocenters. The van der Waals surface area contributed by atoms with E-state index in [1.807, 2.05) is 25.1 Å². The molecule has 1 aromatic rings. The molecule has 1 heterocycles. The summed E-state index contributed by atoms with van der Waals surface area (Å²) in [5, 5.41) is 0.00662. The Morgan fingerprint density at radius 3 is 2.64 bits per heavy atom. The van der Waals surface area contributed by atoms with Gasteiger partial charge in [0, 0.05) is 6.42 Å². The van der Waals surface area contributed by atoms with Gasteiger partial charge in [-0.2, -0.15) is 0 Å². The van der Waals surface area contributed by atoms with Crippen LogP contribution in [0.2, 0.25) is 0 Å². The molecular formula is C11H13ClO2. The summed E-state index contributed by atoms with van der Waals surface area (Å²) in [5.74, 6) is 1.64. The van der Waals surface area contributed by atoms with Crippen LogP contribution in [0, 0.1) is 0 Å². The molecule has 0 N–H and O–H groups in total. The first-order valence-electron chi connectivity index (χ1n) is 4.81. The Labute approximate surface area is 88.8 Å². The predicted octanol–water partition coefficient (Wildman–Crippen LogP) is 3.15. The summed E-state index contributed by atoms with van der Waals surface area (Å²) in [7, 11) is 0. The third-order valence-corrected chi connectivity index (χ3v) is 2.48. The average molecular weight is 213 g/mol. The fourth-order valence-corrected chi connectivity index (χ4v) is 1.56. The molecule has 1 aromatic carbocycles. The lowest BCUT2D eigenvalue weighted by Crippen LogP contribution is -1.97. The Kier molecular flexibility index (Phi) is 2.82. The Hall–Kier alpha value is -0.890. The molecule has 0 amide bonds. The van der Waals surface area contributed by atoms with Crippen LogP contribution in [0.5, 0.6) is 11.5 Å². The summed E-state index contributed by atoms with van der Waals surface area (Å²) in [6.07, 6.45) is 0.931. The second kappa shape index (κ2) is 4.09. The fourth-order valence-electron chi connectivity index (χ4n) is 1.43. The van der Waals surface area contributed by atoms with E-state index in [4.69, 9.17) is 21.1 Å². The third kappa shape index (κ3) is 1.95. The van der Waals surface area contributed by atoms with Crippen molar-refractivity contribution in [2.45, 2.75) is 18.7 Å². The lowest BCUT2D eigenvalue weighted by Gasteiger charge is -2.10. The van der Waals surface area contributed by atoms with Crippen LogP contribution < -0.4 is 9.47 Å². The van der Waals surface area contributed by atoms with Crippen molar-refractivity contribution in [2.75, 3.05) is 13.2 Å². The quantitative estimate of drug-likeness (QED) is 0.666.